The summed E-state index contributed by atoms with van der Waals surface area (Å²) in [6.07, 6.45) is 0. The van der Waals surface area contributed by atoms with Crippen LogP contribution in [0.3, 0.4) is 0 Å². The van der Waals surface area contributed by atoms with E-state index in [1.165, 1.54) is 0 Å². The van der Waals surface area contributed by atoms with Crippen LogP contribution in [0.4, 0.5) is 0 Å². The number of hydrogen-bond acceptors (Lipinski definition) is 4. The third kappa shape index (κ3) is 3.24. The van der Waals surface area contributed by atoms with Gasteiger partial charge in [-0.2, -0.15) is 0 Å². The molecule has 0 aliphatic rings. The van der Waals surface area contributed by atoms with Gasteiger partial charge in [0.05, 0.1) is 0 Å². The highest BCUT2D eigenvalue weighted by Crippen LogP contribution is 2.23. The summed E-state index contributed by atoms with van der Waals surface area (Å²) in [5, 5.41) is 11.9. The minimum Gasteiger partial charge on any atom is -0.485 e. The first-order valence-electron chi connectivity index (χ1n) is 6.02. The zero-order chi connectivity index (χ0) is 13.8. The standard InChI is InChI=1S/C13H17ClN4O/c1-9-16-17-13(18(9)3)8-19-12-5-4-11(14)6-10(12)7-15-2/h4-6,15H,7-8H2,1-3H3. The zero-order valence-corrected chi connectivity index (χ0v) is 12.0. The number of nitrogens with zero attached hydrogens (tertiary/aromatic N) is 3. The number of halogens is 1. The Kier molecular flexibility index (Phi) is 4.39. The summed E-state index contributed by atoms with van der Waals surface area (Å²) in [6.45, 7) is 2.99. The molecule has 0 aliphatic carbocycles. The van der Waals surface area contributed by atoms with Crippen LogP contribution in [0.15, 0.2) is 18.2 Å². The quantitative estimate of drug-likeness (QED) is 0.911. The van der Waals surface area contributed by atoms with Crippen molar-refractivity contribution in [1.29, 1.82) is 0 Å². The second kappa shape index (κ2) is 6.04. The van der Waals surface area contributed by atoms with Gasteiger partial charge in [0.1, 0.15) is 18.2 Å². The van der Waals surface area contributed by atoms with E-state index in [2.05, 4.69) is 15.5 Å². The smallest absolute Gasteiger partial charge is 0.170 e. The fourth-order valence-electron chi connectivity index (χ4n) is 1.74. The maximum Gasteiger partial charge on any atom is 0.170 e. The summed E-state index contributed by atoms with van der Waals surface area (Å²) in [4.78, 5) is 0. The van der Waals surface area contributed by atoms with Crippen LogP contribution < -0.4 is 10.1 Å². The molecule has 2 aromatic rings. The van der Waals surface area contributed by atoms with Crippen molar-refractivity contribution in [3.05, 3.63) is 40.4 Å². The third-order valence-electron chi connectivity index (χ3n) is 2.93. The van der Waals surface area contributed by atoms with Gasteiger partial charge >= 0.3 is 0 Å². The van der Waals surface area contributed by atoms with E-state index in [9.17, 15) is 0 Å². The van der Waals surface area contributed by atoms with E-state index in [1.54, 1.807) is 0 Å². The van der Waals surface area contributed by atoms with Gasteiger partial charge in [-0.05, 0) is 32.2 Å². The Morgan fingerprint density at radius 1 is 1.37 bits per heavy atom. The number of ether oxygens (including phenoxy) is 1. The van der Waals surface area contributed by atoms with Gasteiger partial charge in [0.25, 0.3) is 0 Å². The number of rotatable bonds is 5. The predicted octanol–water partition coefficient (Wildman–Crippen LogP) is 2.08. The molecule has 0 saturated carbocycles. The van der Waals surface area contributed by atoms with E-state index in [1.807, 2.05) is 43.8 Å². The monoisotopic (exact) mass is 280 g/mol. The largest absolute Gasteiger partial charge is 0.485 e. The van der Waals surface area contributed by atoms with Crippen molar-refractivity contribution >= 4 is 11.6 Å². The van der Waals surface area contributed by atoms with Crippen molar-refractivity contribution in [3.8, 4) is 5.75 Å². The van der Waals surface area contributed by atoms with E-state index in [-0.39, 0.29) is 0 Å². The van der Waals surface area contributed by atoms with Gasteiger partial charge in [-0.25, -0.2) is 0 Å². The number of hydrogen-bond donors (Lipinski definition) is 1. The van der Waals surface area contributed by atoms with Crippen LogP contribution >= 0.6 is 11.6 Å². The summed E-state index contributed by atoms with van der Waals surface area (Å²) in [7, 11) is 3.81. The number of nitrogens with one attached hydrogen (secondary N) is 1. The summed E-state index contributed by atoms with van der Waals surface area (Å²) in [5.41, 5.74) is 1.02. The lowest BCUT2D eigenvalue weighted by atomic mass is 10.2. The van der Waals surface area contributed by atoms with Gasteiger partial charge < -0.3 is 14.6 Å². The molecular weight excluding hydrogens is 264 g/mol. The molecule has 1 aromatic carbocycles. The van der Waals surface area contributed by atoms with Gasteiger partial charge in [-0.1, -0.05) is 11.6 Å². The Bertz CT molecular complexity index is 568. The lowest BCUT2D eigenvalue weighted by Gasteiger charge is -2.11. The molecule has 0 saturated heterocycles. The molecule has 0 atom stereocenters. The lowest BCUT2D eigenvalue weighted by molar-refractivity contribution is 0.287. The predicted molar refractivity (Wildman–Crippen MR) is 74.3 cm³/mol. The molecule has 0 unspecified atom stereocenters. The maximum absolute atomic E-state index is 5.99. The van der Waals surface area contributed by atoms with Crippen molar-refractivity contribution in [2.45, 2.75) is 20.1 Å². The average molecular weight is 281 g/mol. The Balaban J connectivity index is 2.12. The van der Waals surface area contributed by atoms with E-state index < -0.39 is 0 Å². The molecule has 1 N–H and O–H groups in total. The fourth-order valence-corrected chi connectivity index (χ4v) is 1.93. The molecule has 0 aliphatic heterocycles. The Morgan fingerprint density at radius 2 is 2.16 bits per heavy atom. The highest BCUT2D eigenvalue weighted by atomic mass is 35.5. The second-order valence-electron chi connectivity index (χ2n) is 4.29. The fraction of sp³-hybridized carbons (Fsp3) is 0.385. The maximum atomic E-state index is 5.99. The first-order valence-corrected chi connectivity index (χ1v) is 6.40. The van der Waals surface area contributed by atoms with Crippen LogP contribution in [0.5, 0.6) is 5.75 Å². The lowest BCUT2D eigenvalue weighted by Crippen LogP contribution is -2.09. The van der Waals surface area contributed by atoms with Crippen LogP contribution in [0.2, 0.25) is 5.02 Å². The summed E-state index contributed by atoms with van der Waals surface area (Å²) < 4.78 is 7.71. The molecule has 0 radical (unpaired) electrons. The minimum atomic E-state index is 0.385. The molecule has 0 bridgehead atoms. The molecule has 5 nitrogen and oxygen atoms in total. The Labute approximate surface area is 117 Å². The number of aryl methyl sites for hydroxylation is 1. The van der Waals surface area contributed by atoms with Crippen LogP contribution in [-0.2, 0) is 20.2 Å². The summed E-state index contributed by atoms with van der Waals surface area (Å²) in [5.74, 6) is 2.47. The van der Waals surface area contributed by atoms with Crippen LogP contribution in [0.25, 0.3) is 0 Å². The minimum absolute atomic E-state index is 0.385. The van der Waals surface area contributed by atoms with Gasteiger partial charge in [0.15, 0.2) is 5.82 Å². The van der Waals surface area contributed by atoms with Crippen molar-refractivity contribution in [1.82, 2.24) is 20.1 Å². The van der Waals surface area contributed by atoms with Gasteiger partial charge in [0, 0.05) is 24.2 Å². The Hall–Kier alpha value is -1.59. The molecular formula is C13H17ClN4O. The highest BCUT2D eigenvalue weighted by Gasteiger charge is 2.08. The second-order valence-corrected chi connectivity index (χ2v) is 4.73. The van der Waals surface area contributed by atoms with E-state index in [4.69, 9.17) is 16.3 Å². The van der Waals surface area contributed by atoms with Crippen molar-refractivity contribution < 1.29 is 4.74 Å². The van der Waals surface area contributed by atoms with Gasteiger partial charge in [-0.15, -0.1) is 10.2 Å². The molecule has 102 valence electrons. The van der Waals surface area contributed by atoms with Crippen molar-refractivity contribution in [3.63, 3.8) is 0 Å². The topological polar surface area (TPSA) is 52.0 Å². The first-order chi connectivity index (χ1) is 9.11. The molecule has 1 heterocycles. The molecule has 19 heavy (non-hydrogen) atoms. The summed E-state index contributed by atoms with van der Waals surface area (Å²) >= 11 is 5.99. The molecule has 0 amide bonds. The Morgan fingerprint density at radius 3 is 2.79 bits per heavy atom. The summed E-state index contributed by atoms with van der Waals surface area (Å²) in [6, 6.07) is 5.59. The SMILES string of the molecule is CNCc1cc(Cl)ccc1OCc1nnc(C)n1C. The molecule has 6 heteroatoms. The molecule has 0 spiro atoms. The third-order valence-corrected chi connectivity index (χ3v) is 3.16. The van der Waals surface area contributed by atoms with E-state index in [0.717, 1.165) is 23.0 Å². The molecule has 0 fully saturated rings. The van der Waals surface area contributed by atoms with Crippen LogP contribution in [0, 0.1) is 6.92 Å². The number of aromatic nitrogens is 3. The van der Waals surface area contributed by atoms with Crippen molar-refractivity contribution in [2.24, 2.45) is 7.05 Å². The normalized spacial score (nSPS) is 10.7. The highest BCUT2D eigenvalue weighted by molar-refractivity contribution is 6.30. The van der Waals surface area contributed by atoms with E-state index in [0.29, 0.717) is 18.2 Å². The zero-order valence-electron chi connectivity index (χ0n) is 11.3. The van der Waals surface area contributed by atoms with Crippen molar-refractivity contribution in [2.75, 3.05) is 7.05 Å². The van der Waals surface area contributed by atoms with Gasteiger partial charge in [0.2, 0.25) is 0 Å². The first kappa shape index (κ1) is 13.8. The molecule has 2 rings (SSSR count). The average Bonchev–Trinajstić information content (AvgIpc) is 2.70. The van der Waals surface area contributed by atoms with Gasteiger partial charge in [-0.3, -0.25) is 0 Å². The van der Waals surface area contributed by atoms with Crippen LogP contribution in [-0.4, -0.2) is 21.8 Å². The molecule has 1 aromatic heterocycles. The number of benzene rings is 1. The van der Waals surface area contributed by atoms with Crippen LogP contribution in [0.1, 0.15) is 17.2 Å². The van der Waals surface area contributed by atoms with E-state index >= 15 is 0 Å².